The Bertz CT molecular complexity index is 3560. The zero-order chi connectivity index (χ0) is 69.3. The van der Waals surface area contributed by atoms with Gasteiger partial charge in [-0.15, -0.1) is 0 Å². The average molecular weight is 1370 g/mol. The zero-order valence-corrected chi connectivity index (χ0v) is 57.7. The molecule has 2 aromatic heterocycles. The Hall–Kier alpha value is -8.36. The molecule has 100 heavy (non-hydrogen) atoms. The number of alkyl halides is 4. The van der Waals surface area contributed by atoms with E-state index in [2.05, 4.69) is 56.6 Å². The smallest absolute Gasteiger partial charge is 0.254 e. The van der Waals surface area contributed by atoms with Crippen LogP contribution in [0.5, 0.6) is 11.6 Å². The Morgan fingerprint density at radius 3 is 1.45 bits per heavy atom. The van der Waals surface area contributed by atoms with Crippen LogP contribution in [0.3, 0.4) is 0 Å². The first kappa shape index (κ1) is 72.9. The molecule has 7 aliphatic rings. The van der Waals surface area contributed by atoms with Gasteiger partial charge in [-0.25, -0.2) is 17.6 Å². The number of methoxy groups -OCH3 is 1. The van der Waals surface area contributed by atoms with E-state index in [0.717, 1.165) is 92.8 Å². The van der Waals surface area contributed by atoms with Gasteiger partial charge in [-0.3, -0.25) is 9.78 Å². The largest absolute Gasteiger partial charge is 0.497 e. The van der Waals surface area contributed by atoms with Crippen LogP contribution in [0.4, 0.5) is 41.1 Å². The van der Waals surface area contributed by atoms with Crippen LogP contribution < -0.4 is 39.9 Å². The molecule has 6 aromatic carbocycles. The number of benzene rings is 6. The molecule has 5 aliphatic heterocycles. The molecule has 15 rings (SSSR count). The average Bonchev–Trinajstić information content (AvgIpc) is 1.58. The number of aliphatic hydroxyl groups excluding tert-OH is 1. The third-order valence-corrected chi connectivity index (χ3v) is 20.1. The highest BCUT2D eigenvalue weighted by atomic mass is 19.1. The SMILES string of the molecule is COc1ccc(COc2cc(N3CCOCC3)nc(N3CC[C@@H](F)[C@@H]3Cc3ccccc3)n2)cc1.F[C@@H]1CCC[C@H]1Cc1ccccc1.F[C@@H]1CCN[C@H]1Cc1ccccc1.O=c1cc(N2CCOCC2)nc(N2CC[C@@H](F)[C@@H]2Cc2ccccc2)[nH]1.O[C@H]1CCC[C@H]1Cc1ccccc1. The summed E-state index contributed by atoms with van der Waals surface area (Å²) in [5, 5.41) is 12.8. The second-order valence-electron chi connectivity index (χ2n) is 27.0. The van der Waals surface area contributed by atoms with Crippen molar-refractivity contribution in [2.45, 2.75) is 145 Å². The fourth-order valence-electron chi connectivity index (χ4n) is 14.4. The van der Waals surface area contributed by atoms with E-state index >= 15 is 4.39 Å². The minimum absolute atomic E-state index is 0.0300. The highest BCUT2D eigenvalue weighted by molar-refractivity contribution is 5.50. The fraction of sp³-hybridized carbons (Fsp3) is 0.457. The first-order valence-electron chi connectivity index (χ1n) is 36.1. The Morgan fingerprint density at radius 2 is 0.960 bits per heavy atom. The van der Waals surface area contributed by atoms with Crippen LogP contribution in [-0.4, -0.2) is 153 Å². The predicted molar refractivity (Wildman–Crippen MR) is 389 cm³/mol. The maximum Gasteiger partial charge on any atom is 0.254 e. The van der Waals surface area contributed by atoms with Crippen molar-refractivity contribution in [1.29, 1.82) is 0 Å². The van der Waals surface area contributed by atoms with Gasteiger partial charge in [0.25, 0.3) is 5.56 Å². The van der Waals surface area contributed by atoms with Crippen molar-refractivity contribution in [2.75, 3.05) is 99.0 Å². The topological polar surface area (TPSA) is 154 Å². The van der Waals surface area contributed by atoms with Gasteiger partial charge in [0, 0.05) is 57.4 Å². The lowest BCUT2D eigenvalue weighted by Gasteiger charge is -2.30. The lowest BCUT2D eigenvalue weighted by atomic mass is 9.96. The van der Waals surface area contributed by atoms with E-state index in [1.54, 1.807) is 7.11 Å². The number of anilines is 4. The van der Waals surface area contributed by atoms with Gasteiger partial charge in [0.1, 0.15) is 48.7 Å². The number of aromatic amines is 1. The number of nitrogens with one attached hydrogen (secondary N) is 2. The maximum atomic E-state index is 15.0. The molecule has 5 saturated heterocycles. The summed E-state index contributed by atoms with van der Waals surface area (Å²) >= 11 is 0. The number of ether oxygens (including phenoxy) is 4. The molecule has 7 fully saturated rings. The Morgan fingerprint density at radius 1 is 0.480 bits per heavy atom. The Kier molecular flexibility index (Phi) is 27.6. The quantitative estimate of drug-likeness (QED) is 0.0698. The van der Waals surface area contributed by atoms with Gasteiger partial charge >= 0.3 is 0 Å². The van der Waals surface area contributed by atoms with Crippen LogP contribution in [0.25, 0.3) is 0 Å². The van der Waals surface area contributed by atoms with Gasteiger partial charge < -0.3 is 49.0 Å². The monoisotopic (exact) mass is 1370 g/mol. The second-order valence-corrected chi connectivity index (χ2v) is 27.0. The molecule has 0 unspecified atom stereocenters. The second kappa shape index (κ2) is 37.9. The minimum Gasteiger partial charge on any atom is -0.497 e. The van der Waals surface area contributed by atoms with Crippen molar-refractivity contribution in [3.63, 3.8) is 0 Å². The molecule has 3 N–H and O–H groups in total. The number of nitrogens with zero attached hydrogens (tertiary/aromatic N) is 7. The maximum absolute atomic E-state index is 15.0. The van der Waals surface area contributed by atoms with Crippen LogP contribution in [0, 0.1) is 11.8 Å². The third-order valence-electron chi connectivity index (χ3n) is 20.1. The Labute approximate surface area is 587 Å². The van der Waals surface area contributed by atoms with E-state index in [4.69, 9.17) is 28.9 Å². The molecule has 0 amide bonds. The molecule has 2 aliphatic carbocycles. The summed E-state index contributed by atoms with van der Waals surface area (Å²) in [5.41, 5.74) is 6.82. The van der Waals surface area contributed by atoms with Gasteiger partial charge in [0.2, 0.25) is 17.8 Å². The van der Waals surface area contributed by atoms with E-state index in [1.165, 1.54) is 35.6 Å². The molecular formula is C81H99F4N9O6. The van der Waals surface area contributed by atoms with Crippen LogP contribution >= 0.6 is 0 Å². The standard InChI is InChI=1S/C27H31FN4O3.C19H23FN4O2.C12H15F.C12H16O.C11H14FN/c1-33-22-9-7-21(8-10-22)19-35-26-18-25(31-13-15-34-16-14-31)29-27(30-26)32-12-11-23(28)24(32)17-20-5-3-2-4-6-20;20-15-6-7-24(16(15)12-14-4-2-1-3-5-14)19-21-17(13-18(25)22-19)23-8-10-26-11-9-23;2*13-12-8-4-7-11(12)9-10-5-2-1-3-6-10;12-10-6-7-13-11(10)8-9-4-2-1-3-5-9/h2-10,18,23-24H,11-17,19H2,1H3;1-5,13,15-16H,6-12H2,(H,21,22,25);1-3,5-6,11-12H,4,7-9H2;1-3,5-6,11-13H,4,7-9H2;1-5,10-11,13H,6-8H2/t23-,24+;15-,16+;11-,12+;11-,12-;10-,11+/m11001/s1. The van der Waals surface area contributed by atoms with E-state index in [0.29, 0.717) is 121 Å². The lowest BCUT2D eigenvalue weighted by Crippen LogP contribution is -2.40. The summed E-state index contributed by atoms with van der Waals surface area (Å²) in [4.78, 5) is 37.3. The third kappa shape index (κ3) is 21.6. The van der Waals surface area contributed by atoms with Crippen molar-refractivity contribution in [1.82, 2.24) is 25.3 Å². The summed E-state index contributed by atoms with van der Waals surface area (Å²) in [7, 11) is 1.65. The Balaban J connectivity index is 0.000000135. The molecule has 8 aromatic rings. The summed E-state index contributed by atoms with van der Waals surface area (Å²) in [6, 6.07) is 61.2. The van der Waals surface area contributed by atoms with Crippen molar-refractivity contribution in [3.8, 4) is 11.6 Å². The van der Waals surface area contributed by atoms with E-state index in [9.17, 15) is 23.1 Å². The van der Waals surface area contributed by atoms with Gasteiger partial charge in [0.05, 0.1) is 51.7 Å². The fourth-order valence-corrected chi connectivity index (χ4v) is 14.4. The molecule has 0 radical (unpaired) electrons. The molecular weight excluding hydrogens is 1270 g/mol. The van der Waals surface area contributed by atoms with E-state index in [1.807, 2.05) is 160 Å². The highest BCUT2D eigenvalue weighted by Crippen LogP contribution is 2.34. The van der Waals surface area contributed by atoms with Gasteiger partial charge in [0.15, 0.2) is 0 Å². The molecule has 10 atom stereocenters. The van der Waals surface area contributed by atoms with E-state index < -0.39 is 24.7 Å². The van der Waals surface area contributed by atoms with Crippen molar-refractivity contribution in [2.24, 2.45) is 11.8 Å². The van der Waals surface area contributed by atoms with Crippen molar-refractivity contribution in [3.05, 3.63) is 232 Å². The lowest BCUT2D eigenvalue weighted by molar-refractivity contribution is 0.122. The molecule has 0 bridgehead atoms. The summed E-state index contributed by atoms with van der Waals surface area (Å²) < 4.78 is 78.3. The van der Waals surface area contributed by atoms with E-state index in [-0.39, 0.29) is 35.7 Å². The van der Waals surface area contributed by atoms with Crippen molar-refractivity contribution >= 4 is 23.5 Å². The number of halogens is 4. The number of aromatic nitrogens is 4. The first-order chi connectivity index (χ1) is 49.0. The molecule has 19 heteroatoms. The van der Waals surface area contributed by atoms with Crippen molar-refractivity contribution < 1.29 is 41.6 Å². The normalized spacial score (nSPS) is 24.0. The number of H-pyrrole nitrogens is 1. The summed E-state index contributed by atoms with van der Waals surface area (Å²) in [5.74, 6) is 4.45. The molecule has 7 heterocycles. The van der Waals surface area contributed by atoms with Crippen LogP contribution in [0.15, 0.2) is 193 Å². The molecule has 0 spiro atoms. The predicted octanol–water partition coefficient (Wildman–Crippen LogP) is 13.5. The number of rotatable bonds is 18. The van der Waals surface area contributed by atoms with Gasteiger partial charge in [-0.2, -0.15) is 15.0 Å². The minimum atomic E-state index is -0.937. The molecule has 532 valence electrons. The van der Waals surface area contributed by atoms with Gasteiger partial charge in [-0.05, 0) is 141 Å². The number of aliphatic hydroxyl groups is 1. The van der Waals surface area contributed by atoms with Crippen LogP contribution in [-0.2, 0) is 48.2 Å². The van der Waals surface area contributed by atoms with Crippen LogP contribution in [0.2, 0.25) is 0 Å². The zero-order valence-electron chi connectivity index (χ0n) is 57.7. The highest BCUT2D eigenvalue weighted by Gasteiger charge is 2.38. The molecule has 2 saturated carbocycles. The van der Waals surface area contributed by atoms with Gasteiger partial charge in [-0.1, -0.05) is 177 Å². The summed E-state index contributed by atoms with van der Waals surface area (Å²) in [6.45, 7) is 7.74. The number of hydrogen-bond acceptors (Lipinski definition) is 14. The number of morpholine rings is 2. The first-order valence-corrected chi connectivity index (χ1v) is 36.1. The number of hydrogen-bond donors (Lipinski definition) is 3. The molecule has 15 nitrogen and oxygen atoms in total. The summed E-state index contributed by atoms with van der Waals surface area (Å²) in [6.07, 6.45) is 8.68. The van der Waals surface area contributed by atoms with Crippen LogP contribution in [0.1, 0.15) is 91.2 Å².